The van der Waals surface area contributed by atoms with Gasteiger partial charge in [-0.25, -0.2) is 0 Å². The van der Waals surface area contributed by atoms with E-state index in [1.165, 1.54) is 12.8 Å². The van der Waals surface area contributed by atoms with E-state index >= 15 is 0 Å². The van der Waals surface area contributed by atoms with Crippen molar-refractivity contribution in [1.82, 2.24) is 25.5 Å². The minimum absolute atomic E-state index is 0.128. The van der Waals surface area contributed by atoms with Crippen LogP contribution in [0.15, 0.2) is 24.3 Å². The Balaban J connectivity index is 1.45. The van der Waals surface area contributed by atoms with Crippen LogP contribution in [-0.2, 0) is 4.74 Å². The second-order valence-electron chi connectivity index (χ2n) is 7.27. The highest BCUT2D eigenvalue weighted by Gasteiger charge is 2.29. The lowest BCUT2D eigenvalue weighted by molar-refractivity contribution is 0.0375. The van der Waals surface area contributed by atoms with Crippen LogP contribution in [0.4, 0.5) is 0 Å². The molecule has 0 saturated carbocycles. The Kier molecular flexibility index (Phi) is 5.24. The number of nitrogens with zero attached hydrogens (tertiary/aromatic N) is 4. The summed E-state index contributed by atoms with van der Waals surface area (Å²) in [4.78, 5) is 15.1. The zero-order valence-corrected chi connectivity index (χ0v) is 14.9. The second kappa shape index (κ2) is 7.95. The lowest BCUT2D eigenvalue weighted by atomic mass is 9.83. The number of hydrogen-bond donors (Lipinski definition) is 1. The Morgan fingerprint density at radius 3 is 2.62 bits per heavy atom. The van der Waals surface area contributed by atoms with Crippen molar-refractivity contribution >= 4 is 5.91 Å². The van der Waals surface area contributed by atoms with E-state index in [0.717, 1.165) is 56.7 Å². The number of aromatic amines is 1. The van der Waals surface area contributed by atoms with Crippen molar-refractivity contribution in [3.8, 4) is 11.4 Å². The fraction of sp³-hybridized carbons (Fsp3) is 0.579. The fourth-order valence-corrected chi connectivity index (χ4v) is 4.16. The number of benzene rings is 1. The van der Waals surface area contributed by atoms with Gasteiger partial charge in [0.05, 0.1) is 0 Å². The summed E-state index contributed by atoms with van der Waals surface area (Å²) in [6.07, 6.45) is 5.79. The second-order valence-corrected chi connectivity index (χ2v) is 7.27. The molecule has 0 radical (unpaired) electrons. The summed E-state index contributed by atoms with van der Waals surface area (Å²) in [7, 11) is 0. The van der Waals surface area contributed by atoms with Crippen LogP contribution in [0.25, 0.3) is 11.4 Å². The van der Waals surface area contributed by atoms with Crippen LogP contribution in [0.3, 0.4) is 0 Å². The number of tetrazole rings is 1. The van der Waals surface area contributed by atoms with Crippen molar-refractivity contribution in [3.05, 3.63) is 29.8 Å². The highest BCUT2D eigenvalue weighted by Crippen LogP contribution is 2.31. The normalized spacial score (nSPS) is 22.2. The summed E-state index contributed by atoms with van der Waals surface area (Å²) in [5.41, 5.74) is 1.58. The van der Waals surface area contributed by atoms with Crippen LogP contribution in [0.1, 0.15) is 42.5 Å². The maximum atomic E-state index is 13.0. The summed E-state index contributed by atoms with van der Waals surface area (Å²) in [6, 6.07) is 7.49. The molecule has 26 heavy (non-hydrogen) atoms. The van der Waals surface area contributed by atoms with E-state index in [1.807, 2.05) is 24.3 Å². The maximum Gasteiger partial charge on any atom is 0.253 e. The molecule has 1 aromatic heterocycles. The maximum absolute atomic E-state index is 13.0. The molecule has 0 spiro atoms. The average molecular weight is 355 g/mol. The van der Waals surface area contributed by atoms with E-state index in [-0.39, 0.29) is 5.91 Å². The van der Waals surface area contributed by atoms with Gasteiger partial charge in [-0.15, -0.1) is 10.2 Å². The third-order valence-corrected chi connectivity index (χ3v) is 5.66. The Morgan fingerprint density at radius 2 is 1.88 bits per heavy atom. The van der Waals surface area contributed by atoms with E-state index in [0.29, 0.717) is 17.7 Å². The third-order valence-electron chi connectivity index (χ3n) is 5.66. The molecule has 1 atom stereocenters. The summed E-state index contributed by atoms with van der Waals surface area (Å²) >= 11 is 0. The lowest BCUT2D eigenvalue weighted by Crippen LogP contribution is -2.37. The van der Waals surface area contributed by atoms with Crippen LogP contribution in [0, 0.1) is 11.8 Å². The number of nitrogens with one attached hydrogen (secondary N) is 1. The first kappa shape index (κ1) is 17.1. The topological polar surface area (TPSA) is 84.0 Å². The van der Waals surface area contributed by atoms with Crippen LogP contribution in [-0.4, -0.2) is 57.7 Å². The van der Waals surface area contributed by atoms with Gasteiger partial charge in [0, 0.05) is 37.4 Å². The Bertz CT molecular complexity index is 710. The van der Waals surface area contributed by atoms with Crippen molar-refractivity contribution in [1.29, 1.82) is 0 Å². The van der Waals surface area contributed by atoms with Gasteiger partial charge in [0.15, 0.2) is 0 Å². The molecule has 3 heterocycles. The Morgan fingerprint density at radius 1 is 1.08 bits per heavy atom. The van der Waals surface area contributed by atoms with E-state index in [1.54, 1.807) is 0 Å². The number of likely N-dealkylation sites (tertiary alicyclic amines) is 1. The zero-order valence-electron chi connectivity index (χ0n) is 14.9. The van der Waals surface area contributed by atoms with Crippen molar-refractivity contribution < 1.29 is 9.53 Å². The quantitative estimate of drug-likeness (QED) is 0.915. The summed E-state index contributed by atoms with van der Waals surface area (Å²) in [6.45, 7) is 3.46. The minimum Gasteiger partial charge on any atom is -0.381 e. The number of aromatic nitrogens is 4. The molecular weight excluding hydrogens is 330 g/mol. The van der Waals surface area contributed by atoms with E-state index in [4.69, 9.17) is 4.74 Å². The van der Waals surface area contributed by atoms with Gasteiger partial charge in [-0.3, -0.25) is 4.79 Å². The van der Waals surface area contributed by atoms with Crippen LogP contribution in [0.5, 0.6) is 0 Å². The largest absolute Gasteiger partial charge is 0.381 e. The van der Waals surface area contributed by atoms with Gasteiger partial charge in [-0.1, -0.05) is 18.6 Å². The molecule has 138 valence electrons. The van der Waals surface area contributed by atoms with E-state index in [9.17, 15) is 4.79 Å². The van der Waals surface area contributed by atoms with E-state index < -0.39 is 0 Å². The van der Waals surface area contributed by atoms with Gasteiger partial charge in [-0.2, -0.15) is 5.21 Å². The SMILES string of the molecule is O=C(c1ccc(-c2nn[nH]n2)cc1)N1CCCCC(C2CCOCC2)C1. The Hall–Kier alpha value is -2.28. The van der Waals surface area contributed by atoms with Crippen molar-refractivity contribution in [2.45, 2.75) is 32.1 Å². The molecule has 2 aromatic rings. The number of amides is 1. The molecular formula is C19H25N5O2. The van der Waals surface area contributed by atoms with Gasteiger partial charge >= 0.3 is 0 Å². The highest BCUT2D eigenvalue weighted by molar-refractivity contribution is 5.94. The molecule has 2 saturated heterocycles. The molecule has 2 fully saturated rings. The molecule has 2 aliphatic rings. The number of rotatable bonds is 3. The Labute approximate surface area is 153 Å². The molecule has 1 amide bonds. The van der Waals surface area contributed by atoms with Crippen LogP contribution >= 0.6 is 0 Å². The molecule has 1 aromatic carbocycles. The summed E-state index contributed by atoms with van der Waals surface area (Å²) in [5.74, 6) is 1.96. The van der Waals surface area contributed by atoms with Gasteiger partial charge in [0.1, 0.15) is 0 Å². The molecule has 2 aliphatic heterocycles. The minimum atomic E-state index is 0.128. The van der Waals surface area contributed by atoms with Crippen molar-refractivity contribution in [2.75, 3.05) is 26.3 Å². The number of hydrogen-bond acceptors (Lipinski definition) is 5. The van der Waals surface area contributed by atoms with Crippen molar-refractivity contribution in [2.24, 2.45) is 11.8 Å². The van der Waals surface area contributed by atoms with Crippen molar-refractivity contribution in [3.63, 3.8) is 0 Å². The molecule has 7 heteroatoms. The summed E-state index contributed by atoms with van der Waals surface area (Å²) < 4.78 is 5.51. The van der Waals surface area contributed by atoms with E-state index in [2.05, 4.69) is 25.5 Å². The van der Waals surface area contributed by atoms with Gasteiger partial charge < -0.3 is 9.64 Å². The molecule has 1 N–H and O–H groups in total. The lowest BCUT2D eigenvalue weighted by Gasteiger charge is -2.32. The first-order valence-corrected chi connectivity index (χ1v) is 9.52. The van der Waals surface area contributed by atoms with Gasteiger partial charge in [0.25, 0.3) is 5.91 Å². The highest BCUT2D eigenvalue weighted by atomic mass is 16.5. The van der Waals surface area contributed by atoms with Crippen LogP contribution < -0.4 is 0 Å². The smallest absolute Gasteiger partial charge is 0.253 e. The van der Waals surface area contributed by atoms with Crippen LogP contribution in [0.2, 0.25) is 0 Å². The molecule has 0 aliphatic carbocycles. The van der Waals surface area contributed by atoms with Gasteiger partial charge in [-0.05, 0) is 54.9 Å². The first-order valence-electron chi connectivity index (χ1n) is 9.52. The third kappa shape index (κ3) is 3.77. The fourth-order valence-electron chi connectivity index (χ4n) is 4.16. The number of carbonyl (C=O) groups excluding carboxylic acids is 1. The summed E-state index contributed by atoms with van der Waals surface area (Å²) in [5, 5.41) is 14.0. The van der Waals surface area contributed by atoms with Gasteiger partial charge in [0.2, 0.25) is 5.82 Å². The standard InChI is InChI=1S/C19H25N5O2/c25-19(16-6-4-15(5-7-16)18-20-22-23-21-18)24-10-2-1-3-17(13-24)14-8-11-26-12-9-14/h4-7,14,17H,1-3,8-13H2,(H,20,21,22,23). The molecule has 7 nitrogen and oxygen atoms in total. The number of ether oxygens (including phenoxy) is 1. The number of H-pyrrole nitrogens is 1. The number of carbonyl (C=O) groups is 1. The molecule has 1 unspecified atom stereocenters. The predicted molar refractivity (Wildman–Crippen MR) is 96.4 cm³/mol. The predicted octanol–water partition coefficient (Wildman–Crippen LogP) is 2.54. The average Bonchev–Trinajstić information content (AvgIpc) is 3.13. The zero-order chi connectivity index (χ0) is 17.8. The first-order chi connectivity index (χ1) is 12.8. The monoisotopic (exact) mass is 355 g/mol. The molecule has 4 rings (SSSR count). The molecule has 0 bridgehead atoms.